The van der Waals surface area contributed by atoms with E-state index >= 15 is 0 Å². The predicted molar refractivity (Wildman–Crippen MR) is 140 cm³/mol. The molecule has 0 saturated heterocycles. The van der Waals surface area contributed by atoms with Crippen molar-refractivity contribution < 1.29 is 9.90 Å². The van der Waals surface area contributed by atoms with Crippen LogP contribution in [0.15, 0.2) is 47.0 Å². The smallest absolute Gasteiger partial charge is 0.255 e. The van der Waals surface area contributed by atoms with Gasteiger partial charge in [0, 0.05) is 48.6 Å². The second kappa shape index (κ2) is 10.8. The zero-order valence-corrected chi connectivity index (χ0v) is 20.1. The van der Waals surface area contributed by atoms with Crippen LogP contribution in [0.1, 0.15) is 61.0 Å². The topological polar surface area (TPSA) is 103 Å². The van der Waals surface area contributed by atoms with Gasteiger partial charge >= 0.3 is 0 Å². The third kappa shape index (κ3) is 5.48. The first kappa shape index (κ1) is 24.0. The predicted octanol–water partition coefficient (Wildman–Crippen LogP) is 4.51. The summed E-state index contributed by atoms with van der Waals surface area (Å²) < 4.78 is 0. The number of hydrogen-bond donors (Lipinski definition) is 4. The highest BCUT2D eigenvalue weighted by Gasteiger charge is 2.22. The molecular weight excluding hydrogens is 426 g/mol. The molecule has 7 heteroatoms. The van der Waals surface area contributed by atoms with Crippen LogP contribution in [0.2, 0.25) is 0 Å². The number of aliphatic hydroxyl groups excluding tert-OH is 1. The Hall–Kier alpha value is -3.16. The van der Waals surface area contributed by atoms with Crippen LogP contribution in [-0.4, -0.2) is 47.6 Å². The molecule has 0 spiro atoms. The fourth-order valence-electron chi connectivity index (χ4n) is 4.63. The maximum atomic E-state index is 13.0. The monoisotopic (exact) mass is 461 g/mol. The lowest BCUT2D eigenvalue weighted by atomic mass is 10.0. The van der Waals surface area contributed by atoms with Gasteiger partial charge in [-0.25, -0.2) is 4.99 Å². The maximum Gasteiger partial charge on any atom is 0.255 e. The molecule has 2 aromatic carbocycles. The van der Waals surface area contributed by atoms with Crippen LogP contribution in [0.4, 0.5) is 17.1 Å². The lowest BCUT2D eigenvalue weighted by Crippen LogP contribution is -2.38. The van der Waals surface area contributed by atoms with E-state index in [0.29, 0.717) is 23.5 Å². The van der Waals surface area contributed by atoms with Crippen LogP contribution in [0, 0.1) is 0 Å². The molecule has 1 atom stereocenters. The molecule has 2 aliphatic heterocycles. The summed E-state index contributed by atoms with van der Waals surface area (Å²) >= 11 is 0. The quantitative estimate of drug-likeness (QED) is 0.433. The molecule has 1 unspecified atom stereocenters. The molecular formula is C27H35N5O2. The van der Waals surface area contributed by atoms with E-state index in [2.05, 4.69) is 40.4 Å². The number of anilines is 2. The molecule has 4 rings (SSSR count). The molecule has 2 aromatic rings. The van der Waals surface area contributed by atoms with Gasteiger partial charge in [-0.2, -0.15) is 0 Å². The molecule has 0 aliphatic carbocycles. The first-order chi connectivity index (χ1) is 16.5. The molecule has 1 amide bonds. The molecule has 0 bridgehead atoms. The minimum absolute atomic E-state index is 0.196. The zero-order chi connectivity index (χ0) is 24.1. The number of rotatable bonds is 8. The van der Waals surface area contributed by atoms with Crippen molar-refractivity contribution in [3.8, 4) is 0 Å². The van der Waals surface area contributed by atoms with Gasteiger partial charge in [-0.1, -0.05) is 26.0 Å². The molecule has 0 radical (unpaired) electrons. The van der Waals surface area contributed by atoms with E-state index in [9.17, 15) is 9.90 Å². The number of nitrogens with zero attached hydrogens (tertiary/aromatic N) is 2. The van der Waals surface area contributed by atoms with Gasteiger partial charge in [-0.15, -0.1) is 0 Å². The molecule has 5 N–H and O–H groups in total. The number of aryl methyl sites for hydroxylation is 1. The van der Waals surface area contributed by atoms with Gasteiger partial charge in [0.25, 0.3) is 5.91 Å². The van der Waals surface area contributed by atoms with Crippen LogP contribution in [0.25, 0.3) is 6.08 Å². The van der Waals surface area contributed by atoms with Crippen molar-refractivity contribution in [3.63, 3.8) is 0 Å². The number of carbonyl (C=O) groups is 1. The maximum absolute atomic E-state index is 13.0. The van der Waals surface area contributed by atoms with Crippen LogP contribution in [-0.2, 0) is 6.42 Å². The van der Waals surface area contributed by atoms with Crippen molar-refractivity contribution in [1.82, 2.24) is 4.90 Å². The van der Waals surface area contributed by atoms with Crippen molar-refractivity contribution in [2.75, 3.05) is 30.3 Å². The number of hydrogen-bond acceptors (Lipinski definition) is 6. The molecule has 0 fully saturated rings. The second-order valence-electron chi connectivity index (χ2n) is 9.04. The van der Waals surface area contributed by atoms with Gasteiger partial charge in [-0.3, -0.25) is 9.69 Å². The van der Waals surface area contributed by atoms with Crippen molar-refractivity contribution >= 4 is 34.9 Å². The molecule has 0 saturated carbocycles. The second-order valence-corrected chi connectivity index (χ2v) is 9.04. The third-order valence-electron chi connectivity index (χ3n) is 6.29. The normalized spacial score (nSPS) is 15.9. The highest BCUT2D eigenvalue weighted by molar-refractivity contribution is 6.05. The average Bonchev–Trinajstić information content (AvgIpc) is 3.00. The van der Waals surface area contributed by atoms with Crippen molar-refractivity contribution in [3.05, 3.63) is 58.7 Å². The lowest BCUT2D eigenvalue weighted by molar-refractivity contribution is 0.0323. The van der Waals surface area contributed by atoms with Gasteiger partial charge < -0.3 is 21.5 Å². The summed E-state index contributed by atoms with van der Waals surface area (Å²) in [4.78, 5) is 19.6. The van der Waals surface area contributed by atoms with Crippen LogP contribution in [0.3, 0.4) is 0 Å². The van der Waals surface area contributed by atoms with Crippen LogP contribution in [0.5, 0.6) is 0 Å². The average molecular weight is 462 g/mol. The van der Waals surface area contributed by atoms with E-state index < -0.39 is 6.23 Å². The summed E-state index contributed by atoms with van der Waals surface area (Å²) in [5, 5.41) is 17.4. The summed E-state index contributed by atoms with van der Waals surface area (Å²) in [6, 6.07) is 11.4. The number of amides is 1. The van der Waals surface area contributed by atoms with E-state index in [1.807, 2.05) is 24.3 Å². The fourth-order valence-corrected chi connectivity index (χ4v) is 4.63. The third-order valence-corrected chi connectivity index (χ3v) is 6.29. The number of carbonyl (C=O) groups excluding carboxylic acids is 1. The molecule has 0 aromatic heterocycles. The Morgan fingerprint density at radius 3 is 2.76 bits per heavy atom. The Morgan fingerprint density at radius 1 is 1.21 bits per heavy atom. The van der Waals surface area contributed by atoms with Gasteiger partial charge in [0.15, 0.2) is 0 Å². The Balaban J connectivity index is 1.55. The fraction of sp³-hybridized carbons (Fsp3) is 0.407. The van der Waals surface area contributed by atoms with Crippen LogP contribution < -0.4 is 16.4 Å². The SMILES string of the molecule is CCCN(CCC)C(O)C1=Cc2ccc(C(=O)Nc3ccc4c(c3)NCCC4)cc2N=C(N)C1. The number of nitrogens with one attached hydrogen (secondary N) is 2. The molecule has 2 aliphatic rings. The van der Waals surface area contributed by atoms with Gasteiger partial charge in [-0.05, 0) is 67.2 Å². The van der Waals surface area contributed by atoms with Crippen molar-refractivity contribution in [2.45, 2.75) is 52.2 Å². The molecule has 2 heterocycles. The number of amidine groups is 1. The number of nitrogens with two attached hydrogens (primary N) is 1. The van der Waals surface area contributed by atoms with Gasteiger partial charge in [0.05, 0.1) is 5.69 Å². The van der Waals surface area contributed by atoms with E-state index in [1.165, 1.54) is 5.56 Å². The highest BCUT2D eigenvalue weighted by Crippen LogP contribution is 2.30. The summed E-state index contributed by atoms with van der Waals surface area (Å²) in [5.41, 5.74) is 12.1. The van der Waals surface area contributed by atoms with E-state index in [0.717, 1.165) is 67.8 Å². The van der Waals surface area contributed by atoms with Crippen LogP contribution >= 0.6 is 0 Å². The van der Waals surface area contributed by atoms with Gasteiger partial charge in [0.1, 0.15) is 12.1 Å². The summed E-state index contributed by atoms with van der Waals surface area (Å²) in [6.07, 6.45) is 5.74. The number of aliphatic hydroxyl groups is 1. The standard InChI is InChI=1S/C27H35N5O2/c1-3-12-32(13-4-2)27(34)21-14-19-7-8-20(15-24(19)31-25(28)16-21)26(33)30-22-10-9-18-6-5-11-29-23(18)17-22/h7-10,14-15,17,27,29,34H,3-6,11-13,16H2,1-2H3,(H2,28,31)(H,30,33). The number of fused-ring (bicyclic) bond motifs is 2. The summed E-state index contributed by atoms with van der Waals surface area (Å²) in [6.45, 7) is 6.79. The lowest BCUT2D eigenvalue weighted by Gasteiger charge is -2.28. The van der Waals surface area contributed by atoms with Gasteiger partial charge in [0.2, 0.25) is 0 Å². The highest BCUT2D eigenvalue weighted by atomic mass is 16.3. The minimum Gasteiger partial charge on any atom is -0.387 e. The Kier molecular flexibility index (Phi) is 7.65. The molecule has 7 nitrogen and oxygen atoms in total. The Morgan fingerprint density at radius 2 is 2.00 bits per heavy atom. The molecule has 34 heavy (non-hydrogen) atoms. The van der Waals surface area contributed by atoms with Crippen molar-refractivity contribution in [2.24, 2.45) is 10.7 Å². The number of benzene rings is 2. The summed E-state index contributed by atoms with van der Waals surface area (Å²) in [7, 11) is 0. The van der Waals surface area contributed by atoms with Crippen molar-refractivity contribution in [1.29, 1.82) is 0 Å². The largest absolute Gasteiger partial charge is 0.387 e. The molecule has 180 valence electrons. The number of aliphatic imine (C=N–C) groups is 1. The zero-order valence-electron chi connectivity index (χ0n) is 20.1. The van der Waals surface area contributed by atoms with E-state index in [1.54, 1.807) is 12.1 Å². The minimum atomic E-state index is -0.708. The van der Waals surface area contributed by atoms with E-state index in [-0.39, 0.29) is 5.91 Å². The first-order valence-electron chi connectivity index (χ1n) is 12.3. The summed E-state index contributed by atoms with van der Waals surface area (Å²) in [5.74, 6) is 0.230. The van der Waals surface area contributed by atoms with E-state index in [4.69, 9.17) is 5.73 Å². The Labute approximate surface area is 201 Å². The Bertz CT molecular complexity index is 1100. The first-order valence-corrected chi connectivity index (χ1v) is 12.3.